The standard InChI is InChI=1S/C21H12O7.C3H10N2/c22-10-4-6-13-16(8-10)27-17-9-11(23)5-7-14(17)21(13)15-3-1-2-12(19(24)25)18(15)20(26)28-21;1-3(5)2-4/h1-9,22-23H,(H,24,25);3H,2,4-5H2,1H3. The SMILES string of the molecule is CC(N)CN.O=C(O)c1cccc2c1C(=O)OC21c2ccc(O)cc2Oc2cc(O)ccc21. The van der Waals surface area contributed by atoms with Crippen molar-refractivity contribution in [3.8, 4) is 23.0 Å². The lowest BCUT2D eigenvalue weighted by Crippen LogP contribution is -2.32. The van der Waals surface area contributed by atoms with E-state index in [2.05, 4.69) is 0 Å². The van der Waals surface area contributed by atoms with Crippen LogP contribution >= 0.6 is 0 Å². The number of esters is 1. The van der Waals surface area contributed by atoms with Gasteiger partial charge in [0.25, 0.3) is 0 Å². The molecule has 2 heterocycles. The molecule has 0 aliphatic carbocycles. The molecule has 7 N–H and O–H groups in total. The Morgan fingerprint density at radius 1 is 1.00 bits per heavy atom. The Morgan fingerprint density at radius 2 is 1.55 bits per heavy atom. The smallest absolute Gasteiger partial charge is 0.341 e. The van der Waals surface area contributed by atoms with Gasteiger partial charge in [0.15, 0.2) is 5.60 Å². The van der Waals surface area contributed by atoms with Crippen LogP contribution in [0.3, 0.4) is 0 Å². The summed E-state index contributed by atoms with van der Waals surface area (Å²) in [6.45, 7) is 2.46. The Balaban J connectivity index is 0.000000471. The van der Waals surface area contributed by atoms with Crippen molar-refractivity contribution in [2.75, 3.05) is 6.54 Å². The number of phenols is 2. The first-order valence-electron chi connectivity index (χ1n) is 10.1. The van der Waals surface area contributed by atoms with Gasteiger partial charge in [-0.15, -0.1) is 0 Å². The van der Waals surface area contributed by atoms with Gasteiger partial charge < -0.3 is 36.3 Å². The van der Waals surface area contributed by atoms with Crippen LogP contribution in [0.1, 0.15) is 44.3 Å². The van der Waals surface area contributed by atoms with E-state index < -0.39 is 17.5 Å². The molecule has 1 atom stereocenters. The molecular weight excluding hydrogens is 428 g/mol. The molecule has 0 aromatic heterocycles. The van der Waals surface area contributed by atoms with Gasteiger partial charge in [0, 0.05) is 41.4 Å². The molecule has 3 aromatic rings. The highest BCUT2D eigenvalue weighted by molar-refractivity contribution is 6.06. The molecule has 1 spiro atoms. The summed E-state index contributed by atoms with van der Waals surface area (Å²) >= 11 is 0. The number of carboxylic acid groups (broad SMARTS) is 1. The number of rotatable bonds is 2. The lowest BCUT2D eigenvalue weighted by atomic mass is 9.77. The number of fused-ring (bicyclic) bond motifs is 6. The fraction of sp³-hybridized carbons (Fsp3) is 0.167. The number of carbonyl (C=O) groups is 2. The summed E-state index contributed by atoms with van der Waals surface area (Å²) in [7, 11) is 0. The highest BCUT2D eigenvalue weighted by Gasteiger charge is 2.54. The Kier molecular flexibility index (Phi) is 5.44. The van der Waals surface area contributed by atoms with E-state index in [9.17, 15) is 24.9 Å². The van der Waals surface area contributed by atoms with E-state index >= 15 is 0 Å². The summed E-state index contributed by atoms with van der Waals surface area (Å²) in [6.07, 6.45) is 0. The van der Waals surface area contributed by atoms with Gasteiger partial charge in [-0.2, -0.15) is 0 Å². The van der Waals surface area contributed by atoms with Crippen molar-refractivity contribution >= 4 is 11.9 Å². The van der Waals surface area contributed by atoms with Crippen LogP contribution in [0.15, 0.2) is 54.6 Å². The number of phenolic OH excluding ortho intramolecular Hbond substituents is 2. The minimum absolute atomic E-state index is 0.0325. The van der Waals surface area contributed by atoms with Crippen LogP contribution in [0, 0.1) is 0 Å². The van der Waals surface area contributed by atoms with Crippen molar-refractivity contribution in [1.82, 2.24) is 0 Å². The summed E-state index contributed by atoms with van der Waals surface area (Å²) in [5.41, 5.74) is 9.81. The molecule has 170 valence electrons. The number of carboxylic acids is 1. The van der Waals surface area contributed by atoms with E-state index in [1.807, 2.05) is 6.92 Å². The first-order valence-corrected chi connectivity index (χ1v) is 10.1. The van der Waals surface area contributed by atoms with E-state index in [4.69, 9.17) is 20.9 Å². The molecule has 3 aromatic carbocycles. The number of nitrogens with two attached hydrogens (primary N) is 2. The second-order valence-corrected chi connectivity index (χ2v) is 7.78. The molecule has 0 radical (unpaired) electrons. The Hall–Kier alpha value is -4.08. The van der Waals surface area contributed by atoms with Gasteiger partial charge in [-0.25, -0.2) is 9.59 Å². The minimum Gasteiger partial charge on any atom is -0.508 e. The van der Waals surface area contributed by atoms with Gasteiger partial charge in [-0.1, -0.05) is 12.1 Å². The molecule has 2 aliphatic rings. The zero-order valence-corrected chi connectivity index (χ0v) is 17.6. The Morgan fingerprint density at radius 3 is 2.03 bits per heavy atom. The highest BCUT2D eigenvalue weighted by atomic mass is 16.6. The van der Waals surface area contributed by atoms with Crippen molar-refractivity contribution in [3.05, 3.63) is 82.4 Å². The van der Waals surface area contributed by atoms with Crippen molar-refractivity contribution in [1.29, 1.82) is 0 Å². The molecule has 9 heteroatoms. The van der Waals surface area contributed by atoms with E-state index in [0.29, 0.717) is 23.2 Å². The average Bonchev–Trinajstić information content (AvgIpc) is 3.06. The van der Waals surface area contributed by atoms with Crippen molar-refractivity contribution in [2.45, 2.75) is 18.6 Å². The molecule has 0 saturated heterocycles. The van der Waals surface area contributed by atoms with E-state index in [1.54, 1.807) is 24.3 Å². The van der Waals surface area contributed by atoms with Gasteiger partial charge in [0.1, 0.15) is 23.0 Å². The molecule has 33 heavy (non-hydrogen) atoms. The van der Waals surface area contributed by atoms with E-state index in [-0.39, 0.29) is 40.2 Å². The van der Waals surface area contributed by atoms with Crippen LogP contribution in [0.4, 0.5) is 0 Å². The van der Waals surface area contributed by atoms with Crippen molar-refractivity contribution in [3.63, 3.8) is 0 Å². The molecule has 0 amide bonds. The van der Waals surface area contributed by atoms with Crippen LogP contribution < -0.4 is 16.2 Å². The van der Waals surface area contributed by atoms with Crippen molar-refractivity contribution in [2.24, 2.45) is 11.5 Å². The number of benzene rings is 3. The van der Waals surface area contributed by atoms with Crippen LogP contribution in [0.5, 0.6) is 23.0 Å². The molecule has 2 aliphatic heterocycles. The molecule has 0 saturated carbocycles. The minimum atomic E-state index is -1.46. The third kappa shape index (κ3) is 3.53. The van der Waals surface area contributed by atoms with Crippen LogP contribution in [-0.2, 0) is 10.3 Å². The van der Waals surface area contributed by atoms with Gasteiger partial charge >= 0.3 is 11.9 Å². The van der Waals surface area contributed by atoms with Crippen LogP contribution in [0.25, 0.3) is 0 Å². The first kappa shape index (κ1) is 22.1. The van der Waals surface area contributed by atoms with Crippen molar-refractivity contribution < 1.29 is 34.4 Å². The molecule has 0 fully saturated rings. The largest absolute Gasteiger partial charge is 0.508 e. The number of aromatic carboxylic acids is 1. The maximum atomic E-state index is 12.8. The Bertz CT molecular complexity index is 1220. The zero-order chi connectivity index (χ0) is 23.9. The normalized spacial score (nSPS) is 15.2. The van der Waals surface area contributed by atoms with E-state index in [1.165, 1.54) is 30.3 Å². The number of aromatic hydroxyl groups is 2. The zero-order valence-electron chi connectivity index (χ0n) is 17.6. The first-order chi connectivity index (χ1) is 15.7. The fourth-order valence-electron chi connectivity index (χ4n) is 3.93. The lowest BCUT2D eigenvalue weighted by molar-refractivity contribution is 0.0222. The number of carbonyl (C=O) groups excluding carboxylic acids is 1. The number of hydrogen-bond acceptors (Lipinski definition) is 8. The maximum Gasteiger partial charge on any atom is 0.341 e. The molecular formula is C24H22N2O7. The van der Waals surface area contributed by atoms with Gasteiger partial charge in [-0.05, 0) is 37.3 Å². The maximum absolute atomic E-state index is 12.8. The third-order valence-corrected chi connectivity index (χ3v) is 5.40. The summed E-state index contributed by atoms with van der Waals surface area (Å²) < 4.78 is 11.7. The lowest BCUT2D eigenvalue weighted by Gasteiger charge is -2.36. The van der Waals surface area contributed by atoms with Gasteiger partial charge in [0.05, 0.1) is 11.1 Å². The second kappa shape index (κ2) is 8.12. The van der Waals surface area contributed by atoms with Gasteiger partial charge in [-0.3, -0.25) is 0 Å². The quantitative estimate of drug-likeness (QED) is 0.369. The number of hydrogen-bond donors (Lipinski definition) is 5. The summed E-state index contributed by atoms with van der Waals surface area (Å²) in [6, 6.07) is 13.4. The number of ether oxygens (including phenoxy) is 2. The second-order valence-electron chi connectivity index (χ2n) is 7.78. The molecule has 9 nitrogen and oxygen atoms in total. The van der Waals surface area contributed by atoms with Crippen LogP contribution in [-0.4, -0.2) is 39.8 Å². The Labute approximate surface area is 188 Å². The third-order valence-electron chi connectivity index (χ3n) is 5.40. The van der Waals surface area contributed by atoms with Crippen LogP contribution in [0.2, 0.25) is 0 Å². The average molecular weight is 450 g/mol. The summed E-state index contributed by atoms with van der Waals surface area (Å²) in [4.78, 5) is 24.5. The highest BCUT2D eigenvalue weighted by Crippen LogP contribution is 2.57. The molecule has 5 rings (SSSR count). The molecule has 1 unspecified atom stereocenters. The predicted molar refractivity (Wildman–Crippen MR) is 118 cm³/mol. The van der Waals surface area contributed by atoms with Gasteiger partial charge in [0.2, 0.25) is 0 Å². The predicted octanol–water partition coefficient (Wildman–Crippen LogP) is 2.66. The summed E-state index contributed by atoms with van der Waals surface area (Å²) in [5, 5.41) is 29.3. The molecule has 0 bridgehead atoms. The monoisotopic (exact) mass is 450 g/mol. The topological polar surface area (TPSA) is 165 Å². The summed E-state index contributed by atoms with van der Waals surface area (Å²) in [5.74, 6) is -1.65. The fourth-order valence-corrected chi connectivity index (χ4v) is 3.93. The van der Waals surface area contributed by atoms with E-state index in [0.717, 1.165) is 0 Å².